The van der Waals surface area contributed by atoms with Gasteiger partial charge in [0.1, 0.15) is 0 Å². The highest BCUT2D eigenvalue weighted by Gasteiger charge is 2.29. The Balaban J connectivity index is 1.93. The van der Waals surface area contributed by atoms with Crippen LogP contribution in [0.25, 0.3) is 0 Å². The zero-order chi connectivity index (χ0) is 13.9. The van der Waals surface area contributed by atoms with Gasteiger partial charge >= 0.3 is 0 Å². The Kier molecular flexibility index (Phi) is 4.63. The topological polar surface area (TPSA) is 32.3 Å². The number of carbonyl (C=O) groups is 1. The van der Waals surface area contributed by atoms with E-state index in [1.807, 2.05) is 0 Å². The zero-order valence-corrected chi connectivity index (χ0v) is 12.9. The summed E-state index contributed by atoms with van der Waals surface area (Å²) in [4.78, 5) is 15.8. The van der Waals surface area contributed by atoms with Crippen LogP contribution in [-0.2, 0) is 4.79 Å². The molecule has 0 spiro atoms. The van der Waals surface area contributed by atoms with Crippen LogP contribution in [0.15, 0.2) is 17.5 Å². The van der Waals surface area contributed by atoms with Gasteiger partial charge in [0.05, 0.1) is 6.54 Å². The molecule has 0 aromatic carbocycles. The predicted molar refractivity (Wildman–Crippen MR) is 80.4 cm³/mol. The molecular weight excluding hydrogens is 256 g/mol. The maximum Gasteiger partial charge on any atom is 0.234 e. The Bertz CT molecular complexity index is 414. The van der Waals surface area contributed by atoms with Crippen molar-refractivity contribution in [2.75, 3.05) is 13.1 Å². The van der Waals surface area contributed by atoms with E-state index in [4.69, 9.17) is 0 Å². The third kappa shape index (κ3) is 3.80. The molecule has 3 nitrogen and oxygen atoms in total. The number of carbonyl (C=O) groups excluding carboxylic acids is 1. The van der Waals surface area contributed by atoms with Crippen molar-refractivity contribution >= 4 is 17.2 Å². The highest BCUT2D eigenvalue weighted by atomic mass is 32.1. The van der Waals surface area contributed by atoms with Gasteiger partial charge in [-0.25, -0.2) is 0 Å². The Morgan fingerprint density at radius 3 is 3.00 bits per heavy atom. The molecule has 1 aromatic rings. The summed E-state index contributed by atoms with van der Waals surface area (Å²) in [6.07, 6.45) is 3.31. The monoisotopic (exact) mass is 280 g/mol. The number of nitrogens with zero attached hydrogens (tertiary/aromatic N) is 1. The second-order valence-corrected chi connectivity index (χ2v) is 6.91. The molecule has 1 fully saturated rings. The van der Waals surface area contributed by atoms with E-state index in [1.165, 1.54) is 17.7 Å². The van der Waals surface area contributed by atoms with Gasteiger partial charge in [0, 0.05) is 16.5 Å². The molecular formula is C15H24N2OS. The van der Waals surface area contributed by atoms with E-state index in [2.05, 4.69) is 48.5 Å². The molecule has 106 valence electrons. The maximum atomic E-state index is 12.1. The molecule has 1 N–H and O–H groups in total. The summed E-state index contributed by atoms with van der Waals surface area (Å²) in [5.74, 6) is 0.148. The van der Waals surface area contributed by atoms with Crippen molar-refractivity contribution in [2.45, 2.75) is 51.6 Å². The largest absolute Gasteiger partial charge is 0.350 e. The first-order valence-corrected chi connectivity index (χ1v) is 7.98. The summed E-state index contributed by atoms with van der Waals surface area (Å²) < 4.78 is 0. The van der Waals surface area contributed by atoms with Crippen LogP contribution < -0.4 is 5.32 Å². The van der Waals surface area contributed by atoms with Crippen LogP contribution in [0, 0.1) is 0 Å². The van der Waals surface area contributed by atoms with Crippen molar-refractivity contribution in [2.24, 2.45) is 0 Å². The molecule has 0 bridgehead atoms. The Labute approximate surface area is 120 Å². The lowest BCUT2D eigenvalue weighted by atomic mass is 10.0. The Morgan fingerprint density at radius 2 is 2.37 bits per heavy atom. The van der Waals surface area contributed by atoms with Crippen molar-refractivity contribution in [1.29, 1.82) is 0 Å². The summed E-state index contributed by atoms with van der Waals surface area (Å²) in [6, 6.07) is 4.72. The van der Waals surface area contributed by atoms with Crippen LogP contribution >= 0.6 is 11.3 Å². The van der Waals surface area contributed by atoms with Gasteiger partial charge in [-0.3, -0.25) is 9.69 Å². The third-order valence-electron chi connectivity index (χ3n) is 3.94. The van der Waals surface area contributed by atoms with E-state index in [-0.39, 0.29) is 11.4 Å². The van der Waals surface area contributed by atoms with E-state index in [9.17, 15) is 4.79 Å². The fourth-order valence-corrected chi connectivity index (χ4v) is 3.40. The van der Waals surface area contributed by atoms with E-state index in [1.54, 1.807) is 11.3 Å². The first-order chi connectivity index (χ1) is 9.02. The standard InChI is InChI=1S/C15H24N2OS/c1-4-15(2,3)16-14(18)11-17-9-5-7-12(17)13-8-6-10-19-13/h6,8,10,12H,4-5,7,9,11H2,1-3H3,(H,16,18). The molecule has 0 radical (unpaired) electrons. The molecule has 19 heavy (non-hydrogen) atoms. The highest BCUT2D eigenvalue weighted by molar-refractivity contribution is 7.10. The minimum absolute atomic E-state index is 0.102. The lowest BCUT2D eigenvalue weighted by Crippen LogP contribution is -2.47. The number of nitrogens with one attached hydrogen (secondary N) is 1. The van der Waals surface area contributed by atoms with Crippen molar-refractivity contribution < 1.29 is 4.79 Å². The van der Waals surface area contributed by atoms with E-state index < -0.39 is 0 Å². The first-order valence-electron chi connectivity index (χ1n) is 7.10. The molecule has 0 saturated carbocycles. The van der Waals surface area contributed by atoms with Crippen molar-refractivity contribution in [3.8, 4) is 0 Å². The summed E-state index contributed by atoms with van der Waals surface area (Å²) in [6.45, 7) is 7.80. The zero-order valence-electron chi connectivity index (χ0n) is 12.1. The molecule has 1 aromatic heterocycles. The Morgan fingerprint density at radius 1 is 1.58 bits per heavy atom. The quantitative estimate of drug-likeness (QED) is 0.898. The molecule has 1 amide bonds. The van der Waals surface area contributed by atoms with Gasteiger partial charge in [0.25, 0.3) is 0 Å². The second kappa shape index (κ2) is 6.06. The number of thiophene rings is 1. The SMILES string of the molecule is CCC(C)(C)NC(=O)CN1CCCC1c1cccs1. The van der Waals surface area contributed by atoms with Crippen LogP contribution in [0.3, 0.4) is 0 Å². The molecule has 0 aliphatic carbocycles. The first kappa shape index (κ1) is 14.5. The van der Waals surface area contributed by atoms with Crippen molar-refractivity contribution in [3.63, 3.8) is 0 Å². The number of amides is 1. The fraction of sp³-hybridized carbons (Fsp3) is 0.667. The molecule has 4 heteroatoms. The number of hydrogen-bond acceptors (Lipinski definition) is 3. The molecule has 2 heterocycles. The Hall–Kier alpha value is -0.870. The lowest BCUT2D eigenvalue weighted by molar-refractivity contribution is -0.124. The van der Waals surface area contributed by atoms with Gasteiger partial charge in [-0.1, -0.05) is 13.0 Å². The van der Waals surface area contributed by atoms with Gasteiger partial charge in [-0.05, 0) is 51.1 Å². The van der Waals surface area contributed by atoms with Gasteiger partial charge in [-0.2, -0.15) is 0 Å². The molecule has 1 aliphatic rings. The van der Waals surface area contributed by atoms with E-state index >= 15 is 0 Å². The highest BCUT2D eigenvalue weighted by Crippen LogP contribution is 2.33. The van der Waals surface area contributed by atoms with Crippen LogP contribution in [0.5, 0.6) is 0 Å². The van der Waals surface area contributed by atoms with Gasteiger partial charge in [0.15, 0.2) is 0 Å². The smallest absolute Gasteiger partial charge is 0.234 e. The fourth-order valence-electron chi connectivity index (χ4n) is 2.51. The van der Waals surface area contributed by atoms with Crippen molar-refractivity contribution in [3.05, 3.63) is 22.4 Å². The van der Waals surface area contributed by atoms with Crippen molar-refractivity contribution in [1.82, 2.24) is 10.2 Å². The average Bonchev–Trinajstić information content (AvgIpc) is 2.97. The number of likely N-dealkylation sites (tertiary alicyclic amines) is 1. The molecule has 1 unspecified atom stereocenters. The van der Waals surface area contributed by atoms with Gasteiger partial charge < -0.3 is 5.32 Å². The normalized spacial score (nSPS) is 20.7. The summed E-state index contributed by atoms with van der Waals surface area (Å²) in [5.41, 5.74) is -0.102. The van der Waals surface area contributed by atoms with E-state index in [0.717, 1.165) is 13.0 Å². The molecule has 1 atom stereocenters. The van der Waals surface area contributed by atoms with Gasteiger partial charge in [0.2, 0.25) is 5.91 Å². The lowest BCUT2D eigenvalue weighted by Gasteiger charge is -2.28. The second-order valence-electron chi connectivity index (χ2n) is 5.93. The van der Waals surface area contributed by atoms with Crippen LogP contribution in [0.1, 0.15) is 51.0 Å². The van der Waals surface area contributed by atoms with Crippen LogP contribution in [0.2, 0.25) is 0 Å². The predicted octanol–water partition coefficient (Wildman–Crippen LogP) is 3.19. The molecule has 1 saturated heterocycles. The third-order valence-corrected chi connectivity index (χ3v) is 4.92. The van der Waals surface area contributed by atoms with E-state index in [0.29, 0.717) is 12.6 Å². The molecule has 1 aliphatic heterocycles. The minimum Gasteiger partial charge on any atom is -0.350 e. The van der Waals surface area contributed by atoms with Gasteiger partial charge in [-0.15, -0.1) is 11.3 Å². The van der Waals surface area contributed by atoms with Crippen LogP contribution in [0.4, 0.5) is 0 Å². The van der Waals surface area contributed by atoms with Crippen LogP contribution in [-0.4, -0.2) is 29.4 Å². The number of rotatable bonds is 5. The maximum absolute atomic E-state index is 12.1. The molecule has 2 rings (SSSR count). The summed E-state index contributed by atoms with van der Waals surface area (Å²) in [5, 5.41) is 5.24. The average molecular weight is 280 g/mol. The minimum atomic E-state index is -0.102. The number of hydrogen-bond donors (Lipinski definition) is 1. The summed E-state index contributed by atoms with van der Waals surface area (Å²) >= 11 is 1.80. The summed E-state index contributed by atoms with van der Waals surface area (Å²) in [7, 11) is 0.